The van der Waals surface area contributed by atoms with Gasteiger partial charge in [0.25, 0.3) is 5.91 Å². The third-order valence-corrected chi connectivity index (χ3v) is 5.16. The Morgan fingerprint density at radius 3 is 2.24 bits per heavy atom. The minimum Gasteiger partial charge on any atom is -0.493 e. The number of hydrogen-bond donors (Lipinski definition) is 1. The Morgan fingerprint density at radius 2 is 1.61 bits per heavy atom. The van der Waals surface area contributed by atoms with Crippen molar-refractivity contribution in [2.75, 3.05) is 21.3 Å². The third kappa shape index (κ3) is 5.89. The van der Waals surface area contributed by atoms with Gasteiger partial charge in [0.1, 0.15) is 5.75 Å². The van der Waals surface area contributed by atoms with Crippen LogP contribution in [0.2, 0.25) is 0 Å². The van der Waals surface area contributed by atoms with Crippen molar-refractivity contribution < 1.29 is 28.5 Å². The lowest BCUT2D eigenvalue weighted by atomic mass is 10.1. The van der Waals surface area contributed by atoms with E-state index in [0.717, 1.165) is 0 Å². The summed E-state index contributed by atoms with van der Waals surface area (Å²) in [7, 11) is 4.40. The normalized spacial score (nSPS) is 10.5. The first-order chi connectivity index (χ1) is 16.0. The molecule has 0 radical (unpaired) electrons. The van der Waals surface area contributed by atoms with Crippen LogP contribution in [0, 0.1) is 0 Å². The zero-order valence-corrected chi connectivity index (χ0v) is 19.7. The van der Waals surface area contributed by atoms with Gasteiger partial charge in [-0.15, -0.1) is 0 Å². The van der Waals surface area contributed by atoms with Crippen LogP contribution >= 0.6 is 15.9 Å². The minimum atomic E-state index is -0.606. The summed E-state index contributed by atoms with van der Waals surface area (Å²) in [5.41, 5.74) is 3.77. The number of methoxy groups -OCH3 is 3. The van der Waals surface area contributed by atoms with E-state index in [1.165, 1.54) is 39.7 Å². The van der Waals surface area contributed by atoms with Crippen molar-refractivity contribution in [3.63, 3.8) is 0 Å². The van der Waals surface area contributed by atoms with Crippen molar-refractivity contribution in [3.8, 4) is 23.0 Å². The molecule has 0 bridgehead atoms. The summed E-state index contributed by atoms with van der Waals surface area (Å²) < 4.78 is 22.0. The molecule has 0 unspecified atom stereocenters. The number of hydrazone groups is 1. The van der Waals surface area contributed by atoms with Crippen molar-refractivity contribution in [3.05, 3.63) is 81.8 Å². The molecule has 0 aliphatic heterocycles. The van der Waals surface area contributed by atoms with Gasteiger partial charge in [0.05, 0.1) is 38.7 Å². The monoisotopic (exact) mass is 512 g/mol. The summed E-state index contributed by atoms with van der Waals surface area (Å²) in [5.74, 6) is 0.388. The maximum absolute atomic E-state index is 12.7. The average molecular weight is 513 g/mol. The molecule has 0 aliphatic rings. The number of ether oxygens (including phenoxy) is 4. The number of carbonyl (C=O) groups excluding carboxylic acids is 2. The van der Waals surface area contributed by atoms with E-state index in [4.69, 9.17) is 18.9 Å². The quantitative estimate of drug-likeness (QED) is 0.207. The Bertz CT molecular complexity index is 1170. The van der Waals surface area contributed by atoms with E-state index in [1.807, 2.05) is 6.07 Å². The lowest BCUT2D eigenvalue weighted by molar-refractivity contribution is 0.0733. The molecule has 9 heteroatoms. The highest BCUT2D eigenvalue weighted by molar-refractivity contribution is 9.10. The zero-order chi connectivity index (χ0) is 23.8. The summed E-state index contributed by atoms with van der Waals surface area (Å²) in [6.45, 7) is 0. The van der Waals surface area contributed by atoms with Crippen LogP contribution in [0.3, 0.4) is 0 Å². The lowest BCUT2D eigenvalue weighted by Crippen LogP contribution is -2.18. The molecular weight excluding hydrogens is 492 g/mol. The summed E-state index contributed by atoms with van der Waals surface area (Å²) in [5, 5.41) is 3.97. The fourth-order valence-electron chi connectivity index (χ4n) is 2.89. The summed E-state index contributed by atoms with van der Waals surface area (Å²) >= 11 is 3.33. The van der Waals surface area contributed by atoms with Crippen LogP contribution in [0.4, 0.5) is 0 Å². The number of rotatable bonds is 8. The number of esters is 1. The highest BCUT2D eigenvalue weighted by Crippen LogP contribution is 2.38. The first kappa shape index (κ1) is 23.8. The third-order valence-electron chi connectivity index (χ3n) is 4.47. The molecule has 0 saturated heterocycles. The van der Waals surface area contributed by atoms with Gasteiger partial charge in [0.2, 0.25) is 5.75 Å². The molecule has 1 N–H and O–H groups in total. The van der Waals surface area contributed by atoms with Gasteiger partial charge in [-0.05, 0) is 57.9 Å². The molecule has 0 saturated carbocycles. The number of nitrogens with one attached hydrogen (secondary N) is 1. The number of nitrogens with zero attached hydrogens (tertiary/aromatic N) is 1. The largest absolute Gasteiger partial charge is 0.493 e. The van der Waals surface area contributed by atoms with E-state index in [9.17, 15) is 9.59 Å². The highest BCUT2D eigenvalue weighted by Gasteiger charge is 2.18. The molecule has 0 aliphatic carbocycles. The van der Waals surface area contributed by atoms with Crippen molar-refractivity contribution in [1.82, 2.24) is 5.43 Å². The Kier molecular flexibility index (Phi) is 8.04. The number of amides is 1. The first-order valence-electron chi connectivity index (χ1n) is 9.67. The standard InChI is InChI=1S/C24H21BrN2O6/c1-30-20-12-16(13-21(31-2)22(20)32-3)24(29)33-17-8-6-7-15(11-17)14-26-27-23(28)18-9-4-5-10-19(18)25/h4-14H,1-3H3,(H,27,28)/b26-14+. The number of carbonyl (C=O) groups is 2. The zero-order valence-electron chi connectivity index (χ0n) is 18.1. The smallest absolute Gasteiger partial charge is 0.343 e. The molecule has 170 valence electrons. The van der Waals surface area contributed by atoms with E-state index in [-0.39, 0.29) is 11.5 Å². The molecule has 1 amide bonds. The number of benzene rings is 3. The van der Waals surface area contributed by atoms with Crippen molar-refractivity contribution in [1.29, 1.82) is 0 Å². The Labute approximate surface area is 199 Å². The van der Waals surface area contributed by atoms with Crippen molar-refractivity contribution in [2.45, 2.75) is 0 Å². The van der Waals surface area contributed by atoms with Crippen LogP contribution in [-0.2, 0) is 0 Å². The van der Waals surface area contributed by atoms with Crippen molar-refractivity contribution >= 4 is 34.0 Å². The van der Waals surface area contributed by atoms with Gasteiger partial charge in [-0.1, -0.05) is 24.3 Å². The number of halogens is 1. The van der Waals surface area contributed by atoms with Gasteiger partial charge in [-0.2, -0.15) is 5.10 Å². The fraction of sp³-hybridized carbons (Fsp3) is 0.125. The van der Waals surface area contributed by atoms with Crippen molar-refractivity contribution in [2.24, 2.45) is 5.10 Å². The molecular formula is C24H21BrN2O6. The van der Waals surface area contributed by atoms with Gasteiger partial charge in [0, 0.05) is 4.47 Å². The van der Waals surface area contributed by atoms with Crippen LogP contribution in [-0.4, -0.2) is 39.4 Å². The van der Waals surface area contributed by atoms with Crippen LogP contribution in [0.1, 0.15) is 26.3 Å². The van der Waals surface area contributed by atoms with E-state index >= 15 is 0 Å². The minimum absolute atomic E-state index is 0.226. The van der Waals surface area contributed by atoms with E-state index in [1.54, 1.807) is 42.5 Å². The molecule has 0 spiro atoms. The second kappa shape index (κ2) is 11.1. The Morgan fingerprint density at radius 1 is 0.909 bits per heavy atom. The molecule has 0 heterocycles. The van der Waals surface area contributed by atoms with Crippen LogP contribution in [0.25, 0.3) is 0 Å². The van der Waals surface area contributed by atoms with Crippen LogP contribution < -0.4 is 24.4 Å². The molecule has 33 heavy (non-hydrogen) atoms. The fourth-order valence-corrected chi connectivity index (χ4v) is 3.36. The predicted octanol–water partition coefficient (Wildman–Crippen LogP) is 4.46. The van der Waals surface area contributed by atoms with Gasteiger partial charge >= 0.3 is 5.97 Å². The molecule has 3 rings (SSSR count). The number of hydrogen-bond acceptors (Lipinski definition) is 7. The molecule has 0 fully saturated rings. The maximum atomic E-state index is 12.7. The topological polar surface area (TPSA) is 95.5 Å². The summed E-state index contributed by atoms with van der Waals surface area (Å²) in [4.78, 5) is 24.9. The van der Waals surface area contributed by atoms with Gasteiger partial charge < -0.3 is 18.9 Å². The first-order valence-corrected chi connectivity index (χ1v) is 10.5. The predicted molar refractivity (Wildman–Crippen MR) is 127 cm³/mol. The maximum Gasteiger partial charge on any atom is 0.343 e. The van der Waals surface area contributed by atoms with Crippen LogP contribution in [0.15, 0.2) is 70.2 Å². The molecule has 0 aromatic heterocycles. The SMILES string of the molecule is COc1cc(C(=O)Oc2cccc(/C=N/NC(=O)c3ccccc3Br)c2)cc(OC)c1OC. The summed E-state index contributed by atoms with van der Waals surface area (Å²) in [6, 6.07) is 16.7. The van der Waals surface area contributed by atoms with Crippen LogP contribution in [0.5, 0.6) is 23.0 Å². The average Bonchev–Trinajstić information content (AvgIpc) is 2.83. The highest BCUT2D eigenvalue weighted by atomic mass is 79.9. The molecule has 8 nitrogen and oxygen atoms in total. The van der Waals surface area contributed by atoms with E-state index in [0.29, 0.717) is 38.6 Å². The molecule has 3 aromatic carbocycles. The van der Waals surface area contributed by atoms with E-state index in [2.05, 4.69) is 26.5 Å². The van der Waals surface area contributed by atoms with E-state index < -0.39 is 5.97 Å². The Balaban J connectivity index is 1.71. The molecule has 3 aromatic rings. The second-order valence-electron chi connectivity index (χ2n) is 6.55. The Hall–Kier alpha value is -3.85. The van der Waals surface area contributed by atoms with Gasteiger partial charge in [-0.25, -0.2) is 10.2 Å². The lowest BCUT2D eigenvalue weighted by Gasteiger charge is -2.13. The molecule has 0 atom stereocenters. The second-order valence-corrected chi connectivity index (χ2v) is 7.41. The van der Waals surface area contributed by atoms with Gasteiger partial charge in [-0.3, -0.25) is 4.79 Å². The van der Waals surface area contributed by atoms with Gasteiger partial charge in [0.15, 0.2) is 11.5 Å². The summed E-state index contributed by atoms with van der Waals surface area (Å²) in [6.07, 6.45) is 1.45.